The lowest BCUT2D eigenvalue weighted by Crippen LogP contribution is -2.31. The molecule has 0 unspecified atom stereocenters. The molecule has 200 valence electrons. The summed E-state index contributed by atoms with van der Waals surface area (Å²) in [5.74, 6) is -0.463. The van der Waals surface area contributed by atoms with Gasteiger partial charge in [0, 0.05) is 45.7 Å². The molecule has 0 radical (unpaired) electrons. The van der Waals surface area contributed by atoms with Crippen molar-refractivity contribution in [1.82, 2.24) is 14.5 Å². The second-order valence-corrected chi connectivity index (χ2v) is 10.9. The van der Waals surface area contributed by atoms with E-state index in [4.69, 9.17) is 5.73 Å². The van der Waals surface area contributed by atoms with E-state index >= 15 is 0 Å². The van der Waals surface area contributed by atoms with Gasteiger partial charge in [-0.25, -0.2) is 0 Å². The molecule has 0 saturated heterocycles. The number of nitrogens with one attached hydrogen (secondary N) is 1. The zero-order valence-corrected chi connectivity index (χ0v) is 22.5. The first kappa shape index (κ1) is 23.9. The maximum absolute atomic E-state index is 14.1. The third kappa shape index (κ3) is 3.34. The Morgan fingerprint density at radius 1 is 0.683 bits per heavy atom. The molecule has 7 aromatic rings. The van der Waals surface area contributed by atoms with Crippen molar-refractivity contribution < 1.29 is 9.59 Å². The Morgan fingerprint density at radius 3 is 2.20 bits per heavy atom. The predicted octanol–water partition coefficient (Wildman–Crippen LogP) is 6.77. The summed E-state index contributed by atoms with van der Waals surface area (Å²) in [6.45, 7) is 1.45. The molecule has 6 nitrogen and oxygen atoms in total. The van der Waals surface area contributed by atoms with Crippen LogP contribution in [0.1, 0.15) is 32.7 Å². The number of carbonyl (C=O) groups excluding carboxylic acids is 2. The summed E-state index contributed by atoms with van der Waals surface area (Å²) in [5, 5.41) is 6.09. The van der Waals surface area contributed by atoms with Crippen molar-refractivity contribution in [2.45, 2.75) is 19.4 Å². The predicted molar refractivity (Wildman–Crippen MR) is 165 cm³/mol. The molecule has 3 heterocycles. The summed E-state index contributed by atoms with van der Waals surface area (Å²) >= 11 is 0. The molecule has 0 aliphatic carbocycles. The third-order valence-electron chi connectivity index (χ3n) is 8.65. The van der Waals surface area contributed by atoms with Crippen molar-refractivity contribution in [1.29, 1.82) is 0 Å². The lowest BCUT2D eigenvalue weighted by atomic mass is 9.96. The fourth-order valence-corrected chi connectivity index (χ4v) is 6.86. The van der Waals surface area contributed by atoms with Crippen LogP contribution >= 0.6 is 0 Å². The van der Waals surface area contributed by atoms with Gasteiger partial charge in [-0.2, -0.15) is 0 Å². The van der Waals surface area contributed by atoms with Crippen molar-refractivity contribution in [3.05, 3.63) is 108 Å². The first-order chi connectivity index (χ1) is 20.2. The lowest BCUT2D eigenvalue weighted by Gasteiger charge is -2.12. The smallest absolute Gasteiger partial charge is 0.262 e. The number of hydrogen-bond donors (Lipinski definition) is 2. The molecular weight excluding hydrogens is 508 g/mol. The number of aromatic amines is 1. The number of para-hydroxylation sites is 2. The number of amides is 2. The van der Waals surface area contributed by atoms with Gasteiger partial charge in [-0.05, 0) is 47.9 Å². The highest BCUT2D eigenvalue weighted by Crippen LogP contribution is 2.45. The fraction of sp³-hybridized carbons (Fsp3) is 0.143. The number of carbonyl (C=O) groups is 2. The van der Waals surface area contributed by atoms with E-state index in [0.29, 0.717) is 30.6 Å². The topological polar surface area (TPSA) is 84.1 Å². The largest absolute Gasteiger partial charge is 0.353 e. The molecule has 5 aromatic carbocycles. The number of H-pyrrole nitrogens is 1. The molecule has 6 heteroatoms. The third-order valence-corrected chi connectivity index (χ3v) is 8.65. The molecule has 0 spiro atoms. The monoisotopic (exact) mass is 536 g/mol. The van der Waals surface area contributed by atoms with E-state index in [2.05, 4.69) is 64.1 Å². The van der Waals surface area contributed by atoms with E-state index in [1.165, 1.54) is 21.2 Å². The molecule has 2 aromatic heterocycles. The fourth-order valence-electron chi connectivity index (χ4n) is 6.86. The summed E-state index contributed by atoms with van der Waals surface area (Å²) in [6, 6.07) is 31.2. The number of aromatic nitrogens is 2. The van der Waals surface area contributed by atoms with Crippen molar-refractivity contribution in [2.75, 3.05) is 13.1 Å². The molecule has 1 aliphatic rings. The van der Waals surface area contributed by atoms with Gasteiger partial charge in [0.15, 0.2) is 0 Å². The molecule has 0 fully saturated rings. The second kappa shape index (κ2) is 9.04. The number of hydrogen-bond acceptors (Lipinski definition) is 3. The molecule has 0 atom stereocenters. The molecule has 1 aliphatic heterocycles. The minimum atomic E-state index is -0.234. The van der Waals surface area contributed by atoms with Crippen LogP contribution in [0.3, 0.4) is 0 Å². The second-order valence-electron chi connectivity index (χ2n) is 10.9. The van der Waals surface area contributed by atoms with Crippen LogP contribution in [-0.2, 0) is 13.0 Å². The number of nitrogens with zero attached hydrogens (tertiary/aromatic N) is 2. The standard InChI is InChI=1S/C35H28N4O2/c36-18-8-19-39-34(40)30-28-24-13-3-5-15-26(24)37-32(28)33-29(31(30)35(39)41)25-14-4-6-16-27(25)38(33)20-17-22-11-7-10-21-9-1-2-12-23(21)22/h1-7,9-16,37H,8,17-20,36H2. The number of benzene rings is 5. The summed E-state index contributed by atoms with van der Waals surface area (Å²) in [5.41, 5.74) is 11.9. The lowest BCUT2D eigenvalue weighted by molar-refractivity contribution is 0.0655. The molecule has 2 amide bonds. The Kier molecular flexibility index (Phi) is 5.27. The van der Waals surface area contributed by atoms with Gasteiger partial charge < -0.3 is 15.3 Å². The first-order valence-electron chi connectivity index (χ1n) is 14.2. The zero-order valence-electron chi connectivity index (χ0n) is 22.5. The SMILES string of the molecule is NCCCN1C(=O)c2c(c3c4ccccc4n(CCc4cccc5ccccc45)c3c3[nH]c4ccccc4c23)C1=O. The summed E-state index contributed by atoms with van der Waals surface area (Å²) in [6.07, 6.45) is 1.39. The molecule has 0 bridgehead atoms. The van der Waals surface area contributed by atoms with Crippen molar-refractivity contribution in [3.8, 4) is 0 Å². The minimum Gasteiger partial charge on any atom is -0.353 e. The molecule has 8 rings (SSSR count). The highest BCUT2D eigenvalue weighted by atomic mass is 16.2. The number of rotatable bonds is 6. The molecule has 41 heavy (non-hydrogen) atoms. The van der Waals surface area contributed by atoms with Crippen LogP contribution in [0, 0.1) is 0 Å². The average molecular weight is 537 g/mol. The van der Waals surface area contributed by atoms with Gasteiger partial charge in [-0.15, -0.1) is 0 Å². The van der Waals surface area contributed by atoms with E-state index in [1.54, 1.807) is 0 Å². The van der Waals surface area contributed by atoms with Gasteiger partial charge in [-0.3, -0.25) is 14.5 Å². The van der Waals surface area contributed by atoms with Gasteiger partial charge in [0.25, 0.3) is 11.8 Å². The average Bonchev–Trinajstić information content (AvgIpc) is 3.62. The molecular formula is C35H28N4O2. The Balaban J connectivity index is 1.45. The quantitative estimate of drug-likeness (QED) is 0.230. The summed E-state index contributed by atoms with van der Waals surface area (Å²) in [4.78, 5) is 33.0. The van der Waals surface area contributed by atoms with Crippen molar-refractivity contribution >= 4 is 66.2 Å². The van der Waals surface area contributed by atoms with Gasteiger partial charge >= 0.3 is 0 Å². The van der Waals surface area contributed by atoms with Crippen molar-refractivity contribution in [2.24, 2.45) is 5.73 Å². The summed E-state index contributed by atoms with van der Waals surface area (Å²) < 4.78 is 2.34. The Bertz CT molecular complexity index is 2200. The van der Waals surface area contributed by atoms with Crippen LogP contribution in [0.2, 0.25) is 0 Å². The van der Waals surface area contributed by atoms with Gasteiger partial charge in [0.1, 0.15) is 0 Å². The maximum atomic E-state index is 14.1. The van der Waals surface area contributed by atoms with E-state index in [9.17, 15) is 9.59 Å². The van der Waals surface area contributed by atoms with Crippen LogP contribution in [-0.4, -0.2) is 39.4 Å². The van der Waals surface area contributed by atoms with Crippen molar-refractivity contribution in [3.63, 3.8) is 0 Å². The zero-order chi connectivity index (χ0) is 27.7. The van der Waals surface area contributed by atoms with Gasteiger partial charge in [0.05, 0.1) is 22.2 Å². The highest BCUT2D eigenvalue weighted by Gasteiger charge is 2.41. The summed E-state index contributed by atoms with van der Waals surface area (Å²) in [7, 11) is 0. The van der Waals surface area contributed by atoms with E-state index < -0.39 is 0 Å². The van der Waals surface area contributed by atoms with E-state index in [-0.39, 0.29) is 11.8 Å². The van der Waals surface area contributed by atoms with E-state index in [1.807, 2.05) is 36.4 Å². The van der Waals surface area contributed by atoms with Crippen LogP contribution < -0.4 is 5.73 Å². The molecule has 3 N–H and O–H groups in total. The normalized spacial score (nSPS) is 13.5. The number of imide groups is 1. The van der Waals surface area contributed by atoms with Crippen LogP contribution in [0.25, 0.3) is 54.4 Å². The first-order valence-corrected chi connectivity index (χ1v) is 14.2. The van der Waals surface area contributed by atoms with E-state index in [0.717, 1.165) is 56.6 Å². The Hall–Kier alpha value is -4.94. The maximum Gasteiger partial charge on any atom is 0.262 e. The minimum absolute atomic E-state index is 0.229. The van der Waals surface area contributed by atoms with Crippen LogP contribution in [0.4, 0.5) is 0 Å². The Labute approximate surface area is 235 Å². The number of nitrogens with two attached hydrogens (primary N) is 1. The van der Waals surface area contributed by atoms with Gasteiger partial charge in [0.2, 0.25) is 0 Å². The van der Waals surface area contributed by atoms with Gasteiger partial charge in [-0.1, -0.05) is 78.9 Å². The number of aryl methyl sites for hydroxylation is 2. The highest BCUT2D eigenvalue weighted by molar-refractivity contribution is 6.39. The van der Waals surface area contributed by atoms with Crippen LogP contribution in [0.5, 0.6) is 0 Å². The molecule has 0 saturated carbocycles. The number of fused-ring (bicyclic) bond motifs is 11. The Morgan fingerprint density at radius 2 is 1.37 bits per heavy atom. The van der Waals surface area contributed by atoms with Crippen LogP contribution in [0.15, 0.2) is 91.0 Å².